The minimum absolute atomic E-state index is 0.0344. The molecule has 302 valence electrons. The van der Waals surface area contributed by atoms with Crippen LogP contribution in [-0.4, -0.2) is 57.6 Å². The van der Waals surface area contributed by atoms with Crippen LogP contribution >= 0.6 is 0 Å². The summed E-state index contributed by atoms with van der Waals surface area (Å²) in [6.07, 6.45) is 0.520. The molecule has 0 spiro atoms. The summed E-state index contributed by atoms with van der Waals surface area (Å²) in [6.45, 7) is 7.77. The van der Waals surface area contributed by atoms with Gasteiger partial charge in [-0.1, -0.05) is 97.4 Å². The second-order valence-electron chi connectivity index (χ2n) is 16.4. The van der Waals surface area contributed by atoms with E-state index in [9.17, 15) is 33.0 Å². The molecule has 0 aromatic heterocycles. The van der Waals surface area contributed by atoms with Crippen molar-refractivity contribution in [3.8, 4) is 16.9 Å². The lowest BCUT2D eigenvalue weighted by Gasteiger charge is -2.46. The first-order valence-corrected chi connectivity index (χ1v) is 19.8. The number of allylic oxidation sites excluding steroid dienone is 2. The first kappa shape index (κ1) is 41.7. The van der Waals surface area contributed by atoms with Crippen molar-refractivity contribution >= 4 is 11.8 Å². The molecule has 0 unspecified atom stereocenters. The van der Waals surface area contributed by atoms with E-state index in [1.807, 2.05) is 86.6 Å². The number of ketones is 1. The quantitative estimate of drug-likeness (QED) is 0.116. The van der Waals surface area contributed by atoms with Gasteiger partial charge < -0.3 is 25.2 Å². The molecule has 1 fully saturated rings. The first-order chi connectivity index (χ1) is 27.0. The molecule has 4 atom stereocenters. The van der Waals surface area contributed by atoms with E-state index in [1.165, 1.54) is 29.2 Å². The van der Waals surface area contributed by atoms with Crippen LogP contribution in [0.15, 0.2) is 109 Å². The normalized spacial score (nSPS) is 22.7. The van der Waals surface area contributed by atoms with Crippen molar-refractivity contribution in [3.63, 3.8) is 0 Å². The third kappa shape index (κ3) is 9.97. The fraction of sp³-hybridized carbons (Fsp3) is 0.404. The van der Waals surface area contributed by atoms with Gasteiger partial charge in [0, 0.05) is 29.1 Å². The van der Waals surface area contributed by atoms with E-state index in [1.54, 1.807) is 0 Å². The van der Waals surface area contributed by atoms with Crippen LogP contribution < -0.4 is 10.1 Å². The van der Waals surface area contributed by atoms with Gasteiger partial charge in [-0.05, 0) is 118 Å². The Balaban J connectivity index is 1.38. The number of halogens is 3. The van der Waals surface area contributed by atoms with Gasteiger partial charge in [0.2, 0.25) is 0 Å². The Labute approximate surface area is 333 Å². The Morgan fingerprint density at radius 1 is 0.930 bits per heavy atom. The number of fused-ring (bicyclic) bond motifs is 8. The van der Waals surface area contributed by atoms with Crippen LogP contribution in [0.1, 0.15) is 105 Å². The van der Waals surface area contributed by atoms with Crippen LogP contribution in [0.3, 0.4) is 0 Å². The van der Waals surface area contributed by atoms with E-state index in [0.717, 1.165) is 27.8 Å². The Bertz CT molecular complexity index is 2050. The number of nitrogens with zero attached hydrogens (tertiary/aromatic N) is 1. The molecule has 3 aliphatic rings. The molecule has 7 rings (SSSR count). The molecule has 1 saturated carbocycles. The van der Waals surface area contributed by atoms with Crippen molar-refractivity contribution in [2.24, 2.45) is 5.41 Å². The van der Waals surface area contributed by atoms with Crippen molar-refractivity contribution in [2.75, 3.05) is 6.54 Å². The third-order valence-corrected chi connectivity index (χ3v) is 11.9. The SMILES string of the molecule is CC1=CCC[C@@]2(C)[C@@H](CC[C@@]2(O)CN(Cc2ccc(OC(F)(F)F)cc2)C(=O)NC(C)C)c2ccc(cc2C(=O)c2ccc(-c3ccccc3)cc2)C[C@@H](O)CC1. The number of rotatable bonds is 9. The van der Waals surface area contributed by atoms with E-state index >= 15 is 0 Å². The van der Waals surface area contributed by atoms with E-state index < -0.39 is 29.5 Å². The number of alkyl halides is 3. The van der Waals surface area contributed by atoms with Crippen LogP contribution in [0, 0.1) is 5.41 Å². The highest BCUT2D eigenvalue weighted by Gasteiger charge is 2.57. The summed E-state index contributed by atoms with van der Waals surface area (Å²) in [4.78, 5) is 30.0. The van der Waals surface area contributed by atoms with E-state index in [2.05, 4.69) is 30.0 Å². The molecule has 10 heteroatoms. The molecule has 0 saturated heterocycles. The van der Waals surface area contributed by atoms with Gasteiger partial charge in [-0.2, -0.15) is 0 Å². The highest BCUT2D eigenvalue weighted by Crippen LogP contribution is 2.59. The summed E-state index contributed by atoms with van der Waals surface area (Å²) < 4.78 is 42.7. The monoisotopic (exact) mass is 782 g/mol. The lowest BCUT2D eigenvalue weighted by Crippen LogP contribution is -2.55. The van der Waals surface area contributed by atoms with E-state index in [0.29, 0.717) is 61.6 Å². The predicted octanol–water partition coefficient (Wildman–Crippen LogP) is 10.1. The fourth-order valence-corrected chi connectivity index (χ4v) is 8.67. The summed E-state index contributed by atoms with van der Waals surface area (Å²) in [7, 11) is 0. The van der Waals surface area contributed by atoms with Crippen LogP contribution in [0.25, 0.3) is 11.1 Å². The van der Waals surface area contributed by atoms with Crippen LogP contribution in [-0.2, 0) is 13.0 Å². The Kier molecular flexibility index (Phi) is 12.6. The topological polar surface area (TPSA) is 99.1 Å². The molecule has 4 aromatic carbocycles. The van der Waals surface area contributed by atoms with Gasteiger partial charge >= 0.3 is 12.4 Å². The van der Waals surface area contributed by atoms with Gasteiger partial charge in [0.15, 0.2) is 5.78 Å². The average molecular weight is 783 g/mol. The largest absolute Gasteiger partial charge is 0.573 e. The number of urea groups is 1. The van der Waals surface area contributed by atoms with Gasteiger partial charge in [-0.3, -0.25) is 4.79 Å². The molecule has 0 radical (unpaired) electrons. The summed E-state index contributed by atoms with van der Waals surface area (Å²) in [6, 6.07) is 28.2. The minimum atomic E-state index is -4.83. The molecule has 2 bridgehead atoms. The summed E-state index contributed by atoms with van der Waals surface area (Å²) >= 11 is 0. The number of hydrogen-bond acceptors (Lipinski definition) is 5. The highest BCUT2D eigenvalue weighted by molar-refractivity contribution is 6.10. The molecule has 3 N–H and O–H groups in total. The predicted molar refractivity (Wildman–Crippen MR) is 216 cm³/mol. The van der Waals surface area contributed by atoms with Gasteiger partial charge in [0.1, 0.15) is 5.75 Å². The summed E-state index contributed by atoms with van der Waals surface area (Å²) in [5.41, 5.74) is 4.27. The number of carbonyl (C=O) groups excluding carboxylic acids is 2. The Morgan fingerprint density at radius 3 is 2.28 bits per heavy atom. The molecule has 57 heavy (non-hydrogen) atoms. The van der Waals surface area contributed by atoms with Crippen molar-refractivity contribution in [2.45, 2.75) is 109 Å². The molecule has 7 nitrogen and oxygen atoms in total. The number of aliphatic hydroxyl groups is 2. The summed E-state index contributed by atoms with van der Waals surface area (Å²) in [5.74, 6) is -0.776. The number of amides is 2. The maximum atomic E-state index is 14.6. The fourth-order valence-electron chi connectivity index (χ4n) is 8.67. The van der Waals surface area contributed by atoms with Gasteiger partial charge in [0.25, 0.3) is 0 Å². The standard InChI is InChI=1S/C47H53F3N2O5/c1-31(2)51-44(55)52(29-33-13-21-39(22-14-33)57-47(48,49)50)30-46(56)26-24-42-40-23-15-34(27-38(53)20-12-32(3)9-8-25-45(42,46)4)28-41(40)43(54)37-18-16-36(17-19-37)35-10-6-5-7-11-35/h5-7,9-11,13-19,21-23,28,31,38,42,53,56H,8,12,20,24-27,29-30H2,1-4H3,(H,51,55)/t38-,42-,45-,46+/m0/s1. The van der Waals surface area contributed by atoms with Crippen molar-refractivity contribution in [3.05, 3.63) is 137 Å². The van der Waals surface area contributed by atoms with Crippen LogP contribution in [0.4, 0.5) is 18.0 Å². The maximum absolute atomic E-state index is 14.6. The molecular weight excluding hydrogens is 730 g/mol. The Morgan fingerprint density at radius 2 is 1.61 bits per heavy atom. The molecule has 0 heterocycles. The van der Waals surface area contributed by atoms with Crippen molar-refractivity contribution in [1.82, 2.24) is 10.2 Å². The number of aliphatic hydroxyl groups excluding tert-OH is 1. The smallest absolute Gasteiger partial charge is 0.406 e. The average Bonchev–Trinajstić information content (AvgIpc) is 3.42. The second-order valence-corrected chi connectivity index (χ2v) is 16.4. The number of ether oxygens (including phenoxy) is 1. The zero-order chi connectivity index (χ0) is 41.0. The number of carbonyl (C=O) groups is 2. The highest BCUT2D eigenvalue weighted by atomic mass is 19.4. The lowest BCUT2D eigenvalue weighted by atomic mass is 9.64. The number of hydrogen-bond donors (Lipinski definition) is 3. The molecule has 2 amide bonds. The van der Waals surface area contributed by atoms with E-state index in [-0.39, 0.29) is 36.6 Å². The lowest BCUT2D eigenvalue weighted by molar-refractivity contribution is -0.274. The van der Waals surface area contributed by atoms with Gasteiger partial charge in [-0.15, -0.1) is 13.2 Å². The number of nitrogens with one attached hydrogen (secondary N) is 1. The number of benzene rings is 4. The first-order valence-electron chi connectivity index (χ1n) is 19.8. The van der Waals surface area contributed by atoms with Gasteiger partial charge in [0.05, 0.1) is 18.2 Å². The van der Waals surface area contributed by atoms with Crippen molar-refractivity contribution < 1.29 is 37.7 Å². The zero-order valence-electron chi connectivity index (χ0n) is 33.1. The summed E-state index contributed by atoms with van der Waals surface area (Å²) in [5, 5.41) is 27.0. The molecular formula is C47H53F3N2O5. The van der Waals surface area contributed by atoms with Gasteiger partial charge in [-0.25, -0.2) is 4.79 Å². The molecule has 0 aliphatic heterocycles. The molecule has 4 aromatic rings. The minimum Gasteiger partial charge on any atom is -0.406 e. The Hall–Kier alpha value is -4.93. The molecule has 3 aliphatic carbocycles. The zero-order valence-corrected chi connectivity index (χ0v) is 33.1. The van der Waals surface area contributed by atoms with Crippen LogP contribution in [0.5, 0.6) is 5.75 Å². The van der Waals surface area contributed by atoms with Crippen LogP contribution in [0.2, 0.25) is 0 Å². The second kappa shape index (κ2) is 17.3. The third-order valence-electron chi connectivity index (χ3n) is 11.9. The van der Waals surface area contributed by atoms with E-state index in [4.69, 9.17) is 0 Å². The maximum Gasteiger partial charge on any atom is 0.573 e. The van der Waals surface area contributed by atoms with Crippen molar-refractivity contribution in [1.29, 1.82) is 0 Å².